The lowest BCUT2D eigenvalue weighted by atomic mass is 10.0. The molecule has 7 nitrogen and oxygen atoms in total. The van der Waals surface area contributed by atoms with Gasteiger partial charge in [-0.1, -0.05) is 6.07 Å². The quantitative estimate of drug-likeness (QED) is 0.781. The third-order valence-electron chi connectivity index (χ3n) is 5.18. The average molecular weight is 398 g/mol. The average Bonchev–Trinajstić information content (AvgIpc) is 3.04. The number of piperidine rings is 1. The Labute approximate surface area is 166 Å². The minimum atomic E-state index is -0.698. The first kappa shape index (κ1) is 18.9. The molecule has 2 heterocycles. The smallest absolute Gasteiger partial charge is 0.255 e. The van der Waals surface area contributed by atoms with Crippen LogP contribution in [0.15, 0.2) is 36.4 Å². The first-order chi connectivity index (χ1) is 14.0. The fraction of sp³-hybridized carbons (Fsp3) is 0.286. The van der Waals surface area contributed by atoms with Crippen molar-refractivity contribution in [2.75, 3.05) is 7.11 Å². The number of methoxy groups -OCH3 is 1. The molecule has 2 aromatic carbocycles. The molecule has 2 aliphatic heterocycles. The molecule has 1 atom stereocenters. The molecule has 2 aliphatic rings. The van der Waals surface area contributed by atoms with Crippen LogP contribution >= 0.6 is 0 Å². The third-order valence-corrected chi connectivity index (χ3v) is 5.18. The number of hydrogen-bond donors (Lipinski definition) is 1. The molecule has 4 rings (SSSR count). The van der Waals surface area contributed by atoms with Gasteiger partial charge in [-0.2, -0.15) is 0 Å². The van der Waals surface area contributed by atoms with Crippen LogP contribution in [0.2, 0.25) is 0 Å². The monoisotopic (exact) mass is 398 g/mol. The molecular formula is C21H19FN2O5. The summed E-state index contributed by atoms with van der Waals surface area (Å²) >= 11 is 0. The molecule has 29 heavy (non-hydrogen) atoms. The summed E-state index contributed by atoms with van der Waals surface area (Å²) in [5, 5.41) is 2.28. The molecule has 8 heteroatoms. The van der Waals surface area contributed by atoms with Crippen LogP contribution in [-0.2, 0) is 22.7 Å². The van der Waals surface area contributed by atoms with Crippen LogP contribution in [0, 0.1) is 5.82 Å². The second-order valence-corrected chi connectivity index (χ2v) is 6.93. The number of ether oxygens (including phenoxy) is 2. The van der Waals surface area contributed by atoms with E-state index in [0.29, 0.717) is 28.2 Å². The number of fused-ring (bicyclic) bond motifs is 1. The topological polar surface area (TPSA) is 84.9 Å². The van der Waals surface area contributed by atoms with Crippen LogP contribution < -0.4 is 14.8 Å². The number of nitrogens with zero attached hydrogens (tertiary/aromatic N) is 1. The Kier molecular flexibility index (Phi) is 4.92. The van der Waals surface area contributed by atoms with E-state index >= 15 is 0 Å². The second kappa shape index (κ2) is 7.54. The van der Waals surface area contributed by atoms with E-state index in [0.717, 1.165) is 0 Å². The number of imide groups is 1. The second-order valence-electron chi connectivity index (χ2n) is 6.93. The van der Waals surface area contributed by atoms with Crippen LogP contribution in [0.5, 0.6) is 11.5 Å². The van der Waals surface area contributed by atoms with E-state index in [1.165, 1.54) is 24.1 Å². The van der Waals surface area contributed by atoms with Crippen LogP contribution in [0.1, 0.15) is 34.3 Å². The van der Waals surface area contributed by atoms with Crippen molar-refractivity contribution < 1.29 is 28.2 Å². The van der Waals surface area contributed by atoms with Gasteiger partial charge >= 0.3 is 0 Å². The maximum absolute atomic E-state index is 14.1. The Morgan fingerprint density at radius 2 is 2.03 bits per heavy atom. The molecule has 0 aliphatic carbocycles. The molecule has 0 saturated carbocycles. The summed E-state index contributed by atoms with van der Waals surface area (Å²) in [5.74, 6) is -0.537. The molecule has 1 fully saturated rings. The van der Waals surface area contributed by atoms with Gasteiger partial charge < -0.3 is 14.4 Å². The summed E-state index contributed by atoms with van der Waals surface area (Å²) < 4.78 is 25.0. The number of carbonyl (C=O) groups is 3. The van der Waals surface area contributed by atoms with Crippen LogP contribution in [0.25, 0.3) is 0 Å². The van der Waals surface area contributed by atoms with Gasteiger partial charge in [-0.05, 0) is 36.8 Å². The Hall–Kier alpha value is -3.42. The minimum absolute atomic E-state index is 0.0356. The normalized spacial score (nSPS) is 18.5. The maximum atomic E-state index is 14.1. The number of rotatable bonds is 5. The molecule has 2 aromatic rings. The zero-order valence-electron chi connectivity index (χ0n) is 15.7. The molecule has 0 aromatic heterocycles. The van der Waals surface area contributed by atoms with Gasteiger partial charge in [0.25, 0.3) is 5.91 Å². The van der Waals surface area contributed by atoms with E-state index in [9.17, 15) is 18.8 Å². The lowest BCUT2D eigenvalue weighted by Gasteiger charge is -2.29. The molecule has 1 N–H and O–H groups in total. The number of halogens is 1. The minimum Gasteiger partial charge on any atom is -0.497 e. The summed E-state index contributed by atoms with van der Waals surface area (Å²) in [5.41, 5.74) is 1.41. The summed E-state index contributed by atoms with van der Waals surface area (Å²) in [6.07, 6.45) is 0.477. The zero-order chi connectivity index (χ0) is 20.5. The van der Waals surface area contributed by atoms with E-state index < -0.39 is 17.8 Å². The Bertz CT molecular complexity index is 1010. The fourth-order valence-corrected chi connectivity index (χ4v) is 3.64. The standard InChI is InChI=1S/C21H19FN2O5/c1-28-13-5-6-16(22)12(9-13)11-29-18-4-2-3-14-15(18)10-24(21(14)27)17-7-8-19(25)23-20(17)26/h2-6,9,17H,7-8,10-11H2,1H3,(H,23,25,26)/t17-/m1/s1. The van der Waals surface area contributed by atoms with Crippen molar-refractivity contribution in [1.82, 2.24) is 10.2 Å². The predicted molar refractivity (Wildman–Crippen MR) is 99.8 cm³/mol. The Morgan fingerprint density at radius 3 is 2.79 bits per heavy atom. The highest BCUT2D eigenvalue weighted by molar-refractivity contribution is 6.05. The van der Waals surface area contributed by atoms with Crippen molar-refractivity contribution >= 4 is 17.7 Å². The zero-order valence-corrected chi connectivity index (χ0v) is 15.7. The van der Waals surface area contributed by atoms with Gasteiger partial charge in [0.15, 0.2) is 0 Å². The molecule has 0 spiro atoms. The highest BCUT2D eigenvalue weighted by Gasteiger charge is 2.40. The Balaban J connectivity index is 1.54. The van der Waals surface area contributed by atoms with Crippen molar-refractivity contribution in [2.24, 2.45) is 0 Å². The van der Waals surface area contributed by atoms with Crippen molar-refractivity contribution in [3.63, 3.8) is 0 Å². The van der Waals surface area contributed by atoms with Crippen molar-refractivity contribution in [1.29, 1.82) is 0 Å². The molecule has 0 radical (unpaired) electrons. The summed E-state index contributed by atoms with van der Waals surface area (Å²) in [6.45, 7) is 0.156. The van der Waals surface area contributed by atoms with Gasteiger partial charge in [-0.25, -0.2) is 4.39 Å². The van der Waals surface area contributed by atoms with E-state index in [2.05, 4.69) is 5.32 Å². The van der Waals surface area contributed by atoms with Gasteiger partial charge in [-0.15, -0.1) is 0 Å². The fourth-order valence-electron chi connectivity index (χ4n) is 3.64. The maximum Gasteiger partial charge on any atom is 0.255 e. The van der Waals surface area contributed by atoms with E-state index in [1.54, 1.807) is 24.3 Å². The van der Waals surface area contributed by atoms with Crippen molar-refractivity contribution in [2.45, 2.75) is 32.0 Å². The number of carbonyl (C=O) groups excluding carboxylic acids is 3. The molecular weight excluding hydrogens is 379 g/mol. The first-order valence-corrected chi connectivity index (χ1v) is 9.19. The van der Waals surface area contributed by atoms with Crippen LogP contribution in [-0.4, -0.2) is 35.8 Å². The molecule has 3 amide bonds. The molecule has 0 bridgehead atoms. The SMILES string of the molecule is COc1ccc(F)c(COc2cccc3c2CN([C@@H]2CCC(=O)NC2=O)C3=O)c1. The highest BCUT2D eigenvalue weighted by Crippen LogP contribution is 2.34. The van der Waals surface area contributed by atoms with E-state index in [-0.39, 0.29) is 37.8 Å². The van der Waals surface area contributed by atoms with Gasteiger partial charge in [0.1, 0.15) is 30.0 Å². The predicted octanol–water partition coefficient (Wildman–Crippen LogP) is 2.17. The molecule has 150 valence electrons. The molecule has 0 unspecified atom stereocenters. The van der Waals surface area contributed by atoms with Gasteiger partial charge in [0.05, 0.1) is 13.7 Å². The number of nitrogens with one attached hydrogen (secondary N) is 1. The molecule has 1 saturated heterocycles. The summed E-state index contributed by atoms with van der Waals surface area (Å²) in [4.78, 5) is 37.8. The van der Waals surface area contributed by atoms with Crippen LogP contribution in [0.3, 0.4) is 0 Å². The number of benzene rings is 2. The van der Waals surface area contributed by atoms with Gasteiger partial charge in [-0.3, -0.25) is 19.7 Å². The van der Waals surface area contributed by atoms with Crippen molar-refractivity contribution in [3.05, 3.63) is 58.9 Å². The number of hydrogen-bond acceptors (Lipinski definition) is 5. The summed E-state index contributed by atoms with van der Waals surface area (Å²) in [6, 6.07) is 8.75. The lowest BCUT2D eigenvalue weighted by Crippen LogP contribution is -2.52. The largest absolute Gasteiger partial charge is 0.497 e. The van der Waals surface area contributed by atoms with E-state index in [1.807, 2.05) is 0 Å². The Morgan fingerprint density at radius 1 is 1.21 bits per heavy atom. The third kappa shape index (κ3) is 3.53. The number of amides is 3. The van der Waals surface area contributed by atoms with Gasteiger partial charge in [0.2, 0.25) is 11.8 Å². The van der Waals surface area contributed by atoms with Crippen molar-refractivity contribution in [3.8, 4) is 11.5 Å². The first-order valence-electron chi connectivity index (χ1n) is 9.19. The van der Waals surface area contributed by atoms with E-state index in [4.69, 9.17) is 9.47 Å². The summed E-state index contributed by atoms with van der Waals surface area (Å²) in [7, 11) is 1.50. The highest BCUT2D eigenvalue weighted by atomic mass is 19.1. The van der Waals surface area contributed by atoms with Gasteiger partial charge in [0, 0.05) is 23.1 Å². The van der Waals surface area contributed by atoms with Crippen LogP contribution in [0.4, 0.5) is 4.39 Å². The lowest BCUT2D eigenvalue weighted by molar-refractivity contribution is -0.136.